The molecule has 174 valence electrons. The summed E-state index contributed by atoms with van der Waals surface area (Å²) in [5.74, 6) is -0.204. The van der Waals surface area contributed by atoms with Gasteiger partial charge in [0, 0.05) is 22.7 Å². The van der Waals surface area contributed by atoms with Crippen molar-refractivity contribution in [2.75, 3.05) is 0 Å². The number of ether oxygens (including phenoxy) is 1. The smallest absolute Gasteiger partial charge is 0.290 e. The van der Waals surface area contributed by atoms with Crippen molar-refractivity contribution in [2.45, 2.75) is 6.61 Å². The average Bonchev–Trinajstić information content (AvgIpc) is 3.38. The summed E-state index contributed by atoms with van der Waals surface area (Å²) in [5.41, 5.74) is 2.56. The molecule has 3 aromatic carbocycles. The molecule has 0 bridgehead atoms. The molecule has 0 radical (unpaired) electrons. The molecule has 2 heterocycles. The maximum absolute atomic E-state index is 13.4. The van der Waals surface area contributed by atoms with Crippen LogP contribution in [0.4, 0.5) is 4.79 Å². The van der Waals surface area contributed by atoms with Crippen molar-refractivity contribution in [2.24, 2.45) is 0 Å². The van der Waals surface area contributed by atoms with Gasteiger partial charge >= 0.3 is 0 Å². The number of fused-ring (bicyclic) bond motifs is 1. The van der Waals surface area contributed by atoms with Crippen LogP contribution in [-0.2, 0) is 11.4 Å². The van der Waals surface area contributed by atoms with Crippen molar-refractivity contribution in [3.63, 3.8) is 0 Å². The maximum Gasteiger partial charge on any atom is 0.290 e. The Kier molecular flexibility index (Phi) is 6.38. The normalized spacial score (nSPS) is 14.5. The van der Waals surface area contributed by atoms with E-state index in [0.29, 0.717) is 39.4 Å². The molecule has 6 nitrogen and oxygen atoms in total. The Morgan fingerprint density at radius 2 is 1.80 bits per heavy atom. The number of hydrogen-bond donors (Lipinski definition) is 1. The van der Waals surface area contributed by atoms with E-state index >= 15 is 0 Å². The van der Waals surface area contributed by atoms with Crippen LogP contribution in [0.1, 0.15) is 21.5 Å². The van der Waals surface area contributed by atoms with Crippen LogP contribution >= 0.6 is 35.0 Å². The fourth-order valence-corrected chi connectivity index (χ4v) is 4.65. The minimum Gasteiger partial charge on any atom is -0.489 e. The summed E-state index contributed by atoms with van der Waals surface area (Å²) in [4.78, 5) is 37.4. The highest BCUT2D eigenvalue weighted by Gasteiger charge is 2.26. The fourth-order valence-electron chi connectivity index (χ4n) is 3.68. The molecule has 1 aromatic heterocycles. The number of amides is 2. The van der Waals surface area contributed by atoms with Gasteiger partial charge in [0.1, 0.15) is 12.4 Å². The number of halogens is 2. The summed E-state index contributed by atoms with van der Waals surface area (Å²) in [6, 6.07) is 19.8. The van der Waals surface area contributed by atoms with Gasteiger partial charge in [0.05, 0.1) is 20.5 Å². The highest BCUT2D eigenvalue weighted by atomic mass is 35.5. The van der Waals surface area contributed by atoms with Crippen LogP contribution in [0.3, 0.4) is 0 Å². The van der Waals surface area contributed by atoms with Gasteiger partial charge in [-0.15, -0.1) is 0 Å². The molecule has 2 amide bonds. The van der Waals surface area contributed by atoms with Gasteiger partial charge in [-0.2, -0.15) is 0 Å². The minimum absolute atomic E-state index is 0.242. The lowest BCUT2D eigenvalue weighted by Gasteiger charge is -2.08. The lowest BCUT2D eigenvalue weighted by molar-refractivity contribution is -0.115. The van der Waals surface area contributed by atoms with Gasteiger partial charge in [-0.1, -0.05) is 53.5 Å². The first kappa shape index (κ1) is 23.2. The number of hydrogen-bond acceptors (Lipinski definition) is 5. The van der Waals surface area contributed by atoms with Crippen LogP contribution in [0.2, 0.25) is 10.0 Å². The summed E-state index contributed by atoms with van der Waals surface area (Å²) in [6.07, 6.45) is 3.22. The number of carbonyl (C=O) groups excluding carboxylic acids is 3. The van der Waals surface area contributed by atoms with Gasteiger partial charge in [0.2, 0.25) is 0 Å². The third kappa shape index (κ3) is 4.84. The van der Waals surface area contributed by atoms with Gasteiger partial charge in [0.15, 0.2) is 0 Å². The van der Waals surface area contributed by atoms with Crippen molar-refractivity contribution in [1.29, 1.82) is 0 Å². The zero-order chi connectivity index (χ0) is 24.5. The van der Waals surface area contributed by atoms with E-state index in [1.54, 1.807) is 36.5 Å². The molecular weight excluding hydrogens is 507 g/mol. The Labute approximate surface area is 214 Å². The molecule has 0 unspecified atom stereocenters. The molecular formula is C26H16Cl2N2O4S. The standard InChI is InChI=1S/C26H16Cl2N2O4S/c27-20-8-6-16(10-21(20)28)25(32)30-13-17(11-23-24(31)29-26(33)35-23)19-12-18(7-9-22(19)30)34-14-15-4-2-1-3-5-15/h1-13H,14H2,(H,29,31,33). The molecule has 5 rings (SSSR count). The molecule has 1 aliphatic rings. The van der Waals surface area contributed by atoms with E-state index in [4.69, 9.17) is 27.9 Å². The van der Waals surface area contributed by atoms with Crippen molar-refractivity contribution in [1.82, 2.24) is 9.88 Å². The maximum atomic E-state index is 13.4. The topological polar surface area (TPSA) is 77.4 Å². The fraction of sp³-hybridized carbons (Fsp3) is 0.0385. The lowest BCUT2D eigenvalue weighted by atomic mass is 10.1. The van der Waals surface area contributed by atoms with E-state index in [1.807, 2.05) is 36.4 Å². The summed E-state index contributed by atoms with van der Waals surface area (Å²) >= 11 is 12.9. The monoisotopic (exact) mass is 522 g/mol. The van der Waals surface area contributed by atoms with Crippen LogP contribution in [-0.4, -0.2) is 21.6 Å². The average molecular weight is 523 g/mol. The largest absolute Gasteiger partial charge is 0.489 e. The van der Waals surface area contributed by atoms with E-state index in [9.17, 15) is 14.4 Å². The van der Waals surface area contributed by atoms with E-state index < -0.39 is 11.1 Å². The molecule has 0 aliphatic carbocycles. The third-order valence-corrected chi connectivity index (χ3v) is 6.92. The molecule has 0 atom stereocenters. The Morgan fingerprint density at radius 3 is 2.51 bits per heavy atom. The molecule has 9 heteroatoms. The molecule has 35 heavy (non-hydrogen) atoms. The number of rotatable bonds is 5. The molecule has 4 aromatic rings. The zero-order valence-electron chi connectivity index (χ0n) is 18.0. The Hall–Kier alpha value is -3.52. The Bertz CT molecular complexity index is 1530. The minimum atomic E-state index is -0.479. The van der Waals surface area contributed by atoms with Crippen LogP contribution in [0.15, 0.2) is 77.8 Å². The lowest BCUT2D eigenvalue weighted by Crippen LogP contribution is -2.17. The van der Waals surface area contributed by atoms with E-state index in [0.717, 1.165) is 17.3 Å². The highest BCUT2D eigenvalue weighted by molar-refractivity contribution is 8.18. The van der Waals surface area contributed by atoms with E-state index in [1.165, 1.54) is 10.6 Å². The van der Waals surface area contributed by atoms with Crippen molar-refractivity contribution in [3.05, 3.63) is 105 Å². The number of nitrogens with zero attached hydrogens (tertiary/aromatic N) is 1. The number of nitrogens with one attached hydrogen (secondary N) is 1. The third-order valence-electron chi connectivity index (χ3n) is 5.37. The molecule has 1 N–H and O–H groups in total. The number of thioether (sulfide) groups is 1. The van der Waals surface area contributed by atoms with Crippen LogP contribution in [0.25, 0.3) is 17.0 Å². The number of imide groups is 1. The number of benzene rings is 3. The van der Waals surface area contributed by atoms with Gasteiger partial charge in [-0.05, 0) is 59.8 Å². The summed E-state index contributed by atoms with van der Waals surface area (Å²) in [7, 11) is 0. The predicted molar refractivity (Wildman–Crippen MR) is 138 cm³/mol. The molecule has 1 fully saturated rings. The molecule has 0 saturated carbocycles. The van der Waals surface area contributed by atoms with E-state index in [2.05, 4.69) is 5.32 Å². The van der Waals surface area contributed by atoms with Crippen LogP contribution in [0, 0.1) is 0 Å². The zero-order valence-corrected chi connectivity index (χ0v) is 20.3. The molecule has 1 aliphatic heterocycles. The molecule has 0 spiro atoms. The van der Waals surface area contributed by atoms with Crippen LogP contribution in [0.5, 0.6) is 5.75 Å². The number of aromatic nitrogens is 1. The summed E-state index contributed by atoms with van der Waals surface area (Å²) in [6.45, 7) is 0.373. The summed E-state index contributed by atoms with van der Waals surface area (Å²) < 4.78 is 7.43. The van der Waals surface area contributed by atoms with Crippen molar-refractivity contribution in [3.8, 4) is 5.75 Å². The van der Waals surface area contributed by atoms with Gasteiger partial charge < -0.3 is 4.74 Å². The van der Waals surface area contributed by atoms with Crippen LogP contribution < -0.4 is 10.1 Å². The second-order valence-electron chi connectivity index (χ2n) is 7.69. The van der Waals surface area contributed by atoms with Crippen molar-refractivity contribution >= 4 is 69.0 Å². The Balaban J connectivity index is 1.57. The first-order valence-corrected chi connectivity index (χ1v) is 12.0. The Morgan fingerprint density at radius 1 is 1.00 bits per heavy atom. The van der Waals surface area contributed by atoms with Crippen molar-refractivity contribution < 1.29 is 19.1 Å². The molecule has 1 saturated heterocycles. The van der Waals surface area contributed by atoms with Gasteiger partial charge in [-0.25, -0.2) is 0 Å². The second-order valence-corrected chi connectivity index (χ2v) is 9.52. The quantitative estimate of drug-likeness (QED) is 0.301. The SMILES string of the molecule is O=C1NC(=O)C(=Cc2cn(C(=O)c3ccc(Cl)c(Cl)c3)c3ccc(OCc4ccccc4)cc23)S1. The van der Waals surface area contributed by atoms with Gasteiger partial charge in [0.25, 0.3) is 17.1 Å². The second kappa shape index (κ2) is 9.62. The summed E-state index contributed by atoms with van der Waals surface area (Å²) in [5, 5.41) is 3.10. The predicted octanol–water partition coefficient (Wildman–Crippen LogP) is 6.54. The first-order chi connectivity index (χ1) is 16.9. The van der Waals surface area contributed by atoms with E-state index in [-0.39, 0.29) is 15.8 Å². The first-order valence-electron chi connectivity index (χ1n) is 10.5. The van der Waals surface area contributed by atoms with Gasteiger partial charge in [-0.3, -0.25) is 24.3 Å². The number of carbonyl (C=O) groups is 3. The highest BCUT2D eigenvalue weighted by Crippen LogP contribution is 2.33.